The Hall–Kier alpha value is -1.76. The first-order valence-electron chi connectivity index (χ1n) is 9.25. The van der Waals surface area contributed by atoms with Crippen molar-refractivity contribution in [2.24, 2.45) is 0 Å². The van der Waals surface area contributed by atoms with Crippen molar-refractivity contribution >= 4 is 0 Å². The average molecular weight is 359 g/mol. The molecule has 1 aromatic heterocycles. The van der Waals surface area contributed by atoms with Gasteiger partial charge in [0.05, 0.1) is 17.9 Å². The minimum Gasteiger partial charge on any atom is -0.381 e. The Bertz CT molecular complexity index is 765. The molecule has 2 aliphatic rings. The molecule has 1 aliphatic carbocycles. The Morgan fingerprint density at radius 3 is 2.88 bits per heavy atom. The Balaban J connectivity index is 1.52. The number of hydrogen-bond acceptors (Lipinski definition) is 4. The van der Waals surface area contributed by atoms with Crippen LogP contribution in [0.4, 0.5) is 4.39 Å². The first-order valence-corrected chi connectivity index (χ1v) is 9.25. The molecule has 140 valence electrons. The zero-order valence-corrected chi connectivity index (χ0v) is 15.4. The number of halogens is 1. The van der Waals surface area contributed by atoms with E-state index in [9.17, 15) is 4.39 Å². The Morgan fingerprint density at radius 2 is 2.12 bits per heavy atom. The topological polar surface area (TPSA) is 39.5 Å². The highest BCUT2D eigenvalue weighted by Gasteiger charge is 2.51. The van der Waals surface area contributed by atoms with Crippen LogP contribution in [0.5, 0.6) is 0 Å². The molecule has 0 unspecified atom stereocenters. The van der Waals surface area contributed by atoms with Gasteiger partial charge in [0.25, 0.3) is 0 Å². The Morgan fingerprint density at radius 1 is 1.27 bits per heavy atom. The van der Waals surface area contributed by atoms with Crippen LogP contribution in [-0.2, 0) is 16.0 Å². The highest BCUT2D eigenvalue weighted by atomic mass is 19.1. The van der Waals surface area contributed by atoms with Crippen LogP contribution in [0.15, 0.2) is 36.7 Å². The standard InChI is InChI=1S/C20H26FN3O2/c1-25-16-7-8-20(26-2)9-10-23(19(20)11-16)13-15-12-22-24(14-15)18-6-4-3-5-17(18)21/h3-6,12,14,16,19H,7-11,13H2,1-2H3/t16-,19-,20+/m1/s1. The van der Waals surface area contributed by atoms with Gasteiger partial charge in [0.15, 0.2) is 0 Å². The summed E-state index contributed by atoms with van der Waals surface area (Å²) < 4.78 is 27.2. The fraction of sp³-hybridized carbons (Fsp3) is 0.550. The summed E-state index contributed by atoms with van der Waals surface area (Å²) in [5.74, 6) is -0.267. The predicted molar refractivity (Wildman–Crippen MR) is 96.7 cm³/mol. The van der Waals surface area contributed by atoms with E-state index in [1.165, 1.54) is 6.07 Å². The SMILES string of the molecule is CO[C@@H]1CC[C@]2(OC)CCN(Cc3cnn(-c4ccccc4F)c3)[C@@H]2C1. The van der Waals surface area contributed by atoms with Crippen LogP contribution in [0.3, 0.4) is 0 Å². The van der Waals surface area contributed by atoms with Gasteiger partial charge in [-0.25, -0.2) is 9.07 Å². The molecular weight excluding hydrogens is 333 g/mol. The van der Waals surface area contributed by atoms with Gasteiger partial charge in [0.1, 0.15) is 11.5 Å². The van der Waals surface area contributed by atoms with Crippen LogP contribution < -0.4 is 0 Å². The third-order valence-electron chi connectivity index (χ3n) is 6.11. The van der Waals surface area contributed by atoms with Crippen molar-refractivity contribution < 1.29 is 13.9 Å². The van der Waals surface area contributed by atoms with Crippen molar-refractivity contribution in [1.82, 2.24) is 14.7 Å². The number of rotatable bonds is 5. The van der Waals surface area contributed by atoms with Gasteiger partial charge >= 0.3 is 0 Å². The summed E-state index contributed by atoms with van der Waals surface area (Å²) in [4.78, 5) is 2.47. The lowest BCUT2D eigenvalue weighted by atomic mass is 9.79. The lowest BCUT2D eigenvalue weighted by Gasteiger charge is -2.43. The molecule has 6 heteroatoms. The molecule has 2 aromatic rings. The lowest BCUT2D eigenvalue weighted by Crippen LogP contribution is -2.51. The monoisotopic (exact) mass is 359 g/mol. The second-order valence-electron chi connectivity index (χ2n) is 7.38. The van der Waals surface area contributed by atoms with Crippen molar-refractivity contribution in [3.63, 3.8) is 0 Å². The first kappa shape index (κ1) is 17.6. The smallest absolute Gasteiger partial charge is 0.148 e. The molecule has 4 rings (SSSR count). The number of nitrogens with zero attached hydrogens (tertiary/aromatic N) is 3. The fourth-order valence-corrected chi connectivity index (χ4v) is 4.60. The average Bonchev–Trinajstić information content (AvgIpc) is 3.27. The highest BCUT2D eigenvalue weighted by Crippen LogP contribution is 2.43. The maximum atomic E-state index is 14.0. The summed E-state index contributed by atoms with van der Waals surface area (Å²) in [5, 5.41) is 4.36. The molecule has 0 bridgehead atoms. The van der Waals surface area contributed by atoms with Crippen LogP contribution in [0.1, 0.15) is 31.2 Å². The largest absolute Gasteiger partial charge is 0.381 e. The number of aromatic nitrogens is 2. The first-order chi connectivity index (χ1) is 12.6. The summed E-state index contributed by atoms with van der Waals surface area (Å²) in [5.41, 5.74) is 1.50. The van der Waals surface area contributed by atoms with Crippen LogP contribution >= 0.6 is 0 Å². The van der Waals surface area contributed by atoms with Crippen molar-refractivity contribution in [2.45, 2.75) is 50.0 Å². The normalized spacial score (nSPS) is 29.0. The number of ether oxygens (including phenoxy) is 2. The summed E-state index contributed by atoms with van der Waals surface area (Å²) in [6, 6.07) is 7.05. The molecule has 0 N–H and O–H groups in total. The van der Waals surface area contributed by atoms with Crippen LogP contribution in [0.25, 0.3) is 5.69 Å². The van der Waals surface area contributed by atoms with Gasteiger partial charge in [-0.15, -0.1) is 0 Å². The van der Waals surface area contributed by atoms with E-state index in [4.69, 9.17) is 9.47 Å². The quantitative estimate of drug-likeness (QED) is 0.822. The van der Waals surface area contributed by atoms with Crippen molar-refractivity contribution in [1.29, 1.82) is 0 Å². The molecule has 0 spiro atoms. The highest BCUT2D eigenvalue weighted by molar-refractivity contribution is 5.33. The molecule has 3 atom stereocenters. The molecule has 0 radical (unpaired) electrons. The lowest BCUT2D eigenvalue weighted by molar-refractivity contribution is -0.0947. The summed E-state index contributed by atoms with van der Waals surface area (Å²) in [7, 11) is 3.63. The number of likely N-dealkylation sites (tertiary alicyclic amines) is 1. The maximum Gasteiger partial charge on any atom is 0.148 e. The number of para-hydroxylation sites is 1. The van der Waals surface area contributed by atoms with Crippen LogP contribution in [-0.4, -0.2) is 53.2 Å². The number of fused-ring (bicyclic) bond motifs is 1. The van der Waals surface area contributed by atoms with E-state index < -0.39 is 0 Å². The molecule has 26 heavy (non-hydrogen) atoms. The van der Waals surface area contributed by atoms with Gasteiger partial charge in [-0.3, -0.25) is 4.90 Å². The van der Waals surface area contributed by atoms with Crippen molar-refractivity contribution in [2.75, 3.05) is 20.8 Å². The zero-order chi connectivity index (χ0) is 18.1. The van der Waals surface area contributed by atoms with E-state index in [0.29, 0.717) is 17.8 Å². The van der Waals surface area contributed by atoms with E-state index in [1.54, 1.807) is 23.9 Å². The number of hydrogen-bond donors (Lipinski definition) is 0. The second kappa shape index (κ2) is 7.10. The number of benzene rings is 1. The van der Waals surface area contributed by atoms with Crippen molar-refractivity contribution in [3.8, 4) is 5.69 Å². The Kier molecular flexibility index (Phi) is 4.82. The molecule has 1 aromatic carbocycles. The van der Waals surface area contributed by atoms with Gasteiger partial charge in [0.2, 0.25) is 0 Å². The zero-order valence-electron chi connectivity index (χ0n) is 15.4. The van der Waals surface area contributed by atoms with Crippen LogP contribution in [0.2, 0.25) is 0 Å². The van der Waals surface area contributed by atoms with Crippen molar-refractivity contribution in [3.05, 3.63) is 48.0 Å². The summed E-state index contributed by atoms with van der Waals surface area (Å²) in [6.45, 7) is 1.79. The minimum absolute atomic E-state index is 0.0590. The molecular formula is C20H26FN3O2. The van der Waals surface area contributed by atoms with Gasteiger partial charge in [-0.05, 0) is 37.8 Å². The molecule has 1 saturated heterocycles. The fourth-order valence-electron chi connectivity index (χ4n) is 4.60. The molecule has 1 saturated carbocycles. The molecule has 2 heterocycles. The Labute approximate surface area is 153 Å². The van der Waals surface area contributed by atoms with Gasteiger partial charge in [-0.2, -0.15) is 5.10 Å². The third-order valence-corrected chi connectivity index (χ3v) is 6.11. The van der Waals surface area contributed by atoms with E-state index in [1.807, 2.05) is 25.6 Å². The molecule has 5 nitrogen and oxygen atoms in total. The van der Waals surface area contributed by atoms with E-state index >= 15 is 0 Å². The van der Waals surface area contributed by atoms with Gasteiger partial charge in [-0.1, -0.05) is 12.1 Å². The van der Waals surface area contributed by atoms with Crippen LogP contribution in [0, 0.1) is 5.82 Å². The van der Waals surface area contributed by atoms with E-state index in [-0.39, 0.29) is 11.4 Å². The summed E-state index contributed by atoms with van der Waals surface area (Å²) >= 11 is 0. The maximum absolute atomic E-state index is 14.0. The van der Waals surface area contributed by atoms with Gasteiger partial charge in [0, 0.05) is 45.1 Å². The second-order valence-corrected chi connectivity index (χ2v) is 7.38. The van der Waals surface area contributed by atoms with E-state index in [0.717, 1.165) is 44.3 Å². The summed E-state index contributed by atoms with van der Waals surface area (Å²) in [6.07, 6.45) is 8.18. The molecule has 2 fully saturated rings. The minimum atomic E-state index is -0.267. The van der Waals surface area contributed by atoms with E-state index in [2.05, 4.69) is 10.00 Å². The number of methoxy groups -OCH3 is 2. The third kappa shape index (κ3) is 3.06. The molecule has 1 aliphatic heterocycles. The predicted octanol–water partition coefficient (Wildman–Crippen LogP) is 3.17. The van der Waals surface area contributed by atoms with Gasteiger partial charge < -0.3 is 9.47 Å². The molecule has 0 amide bonds.